The molecule has 2 aromatic carbocycles. The molecule has 1 fully saturated rings. The number of nitrogens with zero attached hydrogens (tertiary/aromatic N) is 3. The summed E-state index contributed by atoms with van der Waals surface area (Å²) in [5.74, 6) is 0.780. The van der Waals surface area contributed by atoms with E-state index in [-0.39, 0.29) is 5.82 Å². The van der Waals surface area contributed by atoms with Crippen LogP contribution in [0, 0.1) is 17.1 Å². The summed E-state index contributed by atoms with van der Waals surface area (Å²) in [6.07, 6.45) is 3.87. The van der Waals surface area contributed by atoms with E-state index in [4.69, 9.17) is 10.00 Å². The van der Waals surface area contributed by atoms with Crippen LogP contribution >= 0.6 is 0 Å². The molecule has 4 aromatic rings. The Balaban J connectivity index is 1.34. The molecule has 5 rings (SSSR count). The van der Waals surface area contributed by atoms with E-state index in [0.29, 0.717) is 17.2 Å². The minimum Gasteiger partial charge on any atom is -0.496 e. The Bertz CT molecular complexity index is 1310. The molecule has 6 heteroatoms. The SMILES string of the molecule is COc1ccc(F)cc1-c1ccnc2[nH]c(C3CCN(Cc4ccc(C#N)cc4)CC3)cc12. The van der Waals surface area contributed by atoms with E-state index in [1.165, 1.54) is 23.4 Å². The lowest BCUT2D eigenvalue weighted by Gasteiger charge is -2.31. The zero-order valence-corrected chi connectivity index (χ0v) is 18.5. The van der Waals surface area contributed by atoms with Gasteiger partial charge in [-0.3, -0.25) is 4.90 Å². The van der Waals surface area contributed by atoms with Crippen molar-refractivity contribution in [2.75, 3.05) is 20.2 Å². The Labute approximate surface area is 192 Å². The summed E-state index contributed by atoms with van der Waals surface area (Å²) in [6, 6.07) is 18.7. The Morgan fingerprint density at radius 3 is 2.61 bits per heavy atom. The molecule has 0 amide bonds. The van der Waals surface area contributed by atoms with E-state index in [1.54, 1.807) is 19.4 Å². The normalized spacial score (nSPS) is 14.9. The predicted molar refractivity (Wildman–Crippen MR) is 126 cm³/mol. The fourth-order valence-corrected chi connectivity index (χ4v) is 4.74. The van der Waals surface area contributed by atoms with Crippen molar-refractivity contribution in [2.24, 2.45) is 0 Å². The molecule has 0 spiro atoms. The number of hydrogen-bond donors (Lipinski definition) is 1. The van der Waals surface area contributed by atoms with E-state index in [2.05, 4.69) is 27.0 Å². The van der Waals surface area contributed by atoms with Crippen LogP contribution in [0.1, 0.15) is 35.6 Å². The van der Waals surface area contributed by atoms with Gasteiger partial charge in [-0.25, -0.2) is 9.37 Å². The zero-order valence-electron chi connectivity index (χ0n) is 18.5. The largest absolute Gasteiger partial charge is 0.496 e. The van der Waals surface area contributed by atoms with E-state index in [1.807, 2.05) is 30.3 Å². The summed E-state index contributed by atoms with van der Waals surface area (Å²) >= 11 is 0. The number of H-pyrrole nitrogens is 1. The van der Waals surface area contributed by atoms with Crippen LogP contribution in [-0.2, 0) is 6.54 Å². The molecule has 0 unspecified atom stereocenters. The first-order valence-corrected chi connectivity index (χ1v) is 11.2. The highest BCUT2D eigenvalue weighted by molar-refractivity contribution is 5.95. The molecular formula is C27H25FN4O. The maximum atomic E-state index is 14.0. The molecule has 1 saturated heterocycles. The van der Waals surface area contributed by atoms with Gasteiger partial charge in [-0.1, -0.05) is 12.1 Å². The summed E-state index contributed by atoms with van der Waals surface area (Å²) in [5.41, 5.74) is 5.56. The number of ether oxygens (including phenoxy) is 1. The molecule has 0 radical (unpaired) electrons. The number of methoxy groups -OCH3 is 1. The minimum absolute atomic E-state index is 0.291. The lowest BCUT2D eigenvalue weighted by atomic mass is 9.93. The van der Waals surface area contributed by atoms with Gasteiger partial charge in [0, 0.05) is 35.3 Å². The van der Waals surface area contributed by atoms with Crippen molar-refractivity contribution < 1.29 is 9.13 Å². The summed E-state index contributed by atoms with van der Waals surface area (Å²) in [7, 11) is 1.60. The number of nitriles is 1. The monoisotopic (exact) mass is 440 g/mol. The quantitative estimate of drug-likeness (QED) is 0.437. The number of hydrogen-bond acceptors (Lipinski definition) is 4. The number of nitrogens with one attached hydrogen (secondary N) is 1. The van der Waals surface area contributed by atoms with Crippen LogP contribution in [-0.4, -0.2) is 35.1 Å². The Morgan fingerprint density at radius 2 is 1.88 bits per heavy atom. The van der Waals surface area contributed by atoms with Crippen LogP contribution in [0.2, 0.25) is 0 Å². The number of aromatic amines is 1. The van der Waals surface area contributed by atoms with Crippen molar-refractivity contribution in [1.82, 2.24) is 14.9 Å². The molecular weight excluding hydrogens is 415 g/mol. The molecule has 1 N–H and O–H groups in total. The van der Waals surface area contributed by atoms with Gasteiger partial charge < -0.3 is 9.72 Å². The summed E-state index contributed by atoms with van der Waals surface area (Å²) in [5, 5.41) is 9.95. The predicted octanol–water partition coefficient (Wildman–Crippen LogP) is 5.63. The third kappa shape index (κ3) is 4.33. The van der Waals surface area contributed by atoms with Crippen LogP contribution in [0.15, 0.2) is 60.8 Å². The fraction of sp³-hybridized carbons (Fsp3) is 0.259. The summed E-state index contributed by atoms with van der Waals surface area (Å²) in [6.45, 7) is 2.92. The van der Waals surface area contributed by atoms with Crippen molar-refractivity contribution in [1.29, 1.82) is 5.26 Å². The number of benzene rings is 2. The van der Waals surface area contributed by atoms with Gasteiger partial charge in [-0.15, -0.1) is 0 Å². The lowest BCUT2D eigenvalue weighted by molar-refractivity contribution is 0.203. The van der Waals surface area contributed by atoms with Gasteiger partial charge >= 0.3 is 0 Å². The maximum Gasteiger partial charge on any atom is 0.138 e. The van der Waals surface area contributed by atoms with Gasteiger partial charge in [0.15, 0.2) is 0 Å². The zero-order chi connectivity index (χ0) is 22.8. The average Bonchev–Trinajstić information content (AvgIpc) is 3.29. The molecule has 0 atom stereocenters. The Hall–Kier alpha value is -3.69. The third-order valence-electron chi connectivity index (χ3n) is 6.52. The van der Waals surface area contributed by atoms with Gasteiger partial charge in [0.2, 0.25) is 0 Å². The third-order valence-corrected chi connectivity index (χ3v) is 6.52. The average molecular weight is 441 g/mol. The van der Waals surface area contributed by atoms with Gasteiger partial charge in [0.05, 0.1) is 18.7 Å². The van der Waals surface area contributed by atoms with E-state index >= 15 is 0 Å². The van der Waals surface area contributed by atoms with Gasteiger partial charge in [0.25, 0.3) is 0 Å². The molecule has 33 heavy (non-hydrogen) atoms. The van der Waals surface area contributed by atoms with Crippen molar-refractivity contribution in [3.63, 3.8) is 0 Å². The first-order chi connectivity index (χ1) is 16.1. The van der Waals surface area contributed by atoms with Crippen LogP contribution in [0.4, 0.5) is 4.39 Å². The Morgan fingerprint density at radius 1 is 1.09 bits per heavy atom. The molecule has 1 aliphatic heterocycles. The number of rotatable bonds is 5. The number of fused-ring (bicyclic) bond motifs is 1. The topological polar surface area (TPSA) is 64.9 Å². The van der Waals surface area contributed by atoms with E-state index < -0.39 is 0 Å². The molecule has 0 saturated carbocycles. The first-order valence-electron chi connectivity index (χ1n) is 11.2. The van der Waals surface area contributed by atoms with Crippen LogP contribution in [0.25, 0.3) is 22.2 Å². The Kier molecular flexibility index (Phi) is 5.80. The number of likely N-dealkylation sites (tertiary alicyclic amines) is 1. The number of aromatic nitrogens is 2. The molecule has 5 nitrogen and oxygen atoms in total. The number of pyridine rings is 1. The second kappa shape index (κ2) is 9.05. The summed E-state index contributed by atoms with van der Waals surface area (Å²) in [4.78, 5) is 10.5. The molecule has 1 aliphatic rings. The van der Waals surface area contributed by atoms with E-state index in [9.17, 15) is 4.39 Å². The minimum atomic E-state index is -0.291. The van der Waals surface area contributed by atoms with Crippen molar-refractivity contribution in [3.8, 4) is 22.9 Å². The summed E-state index contributed by atoms with van der Waals surface area (Å²) < 4.78 is 19.5. The maximum absolute atomic E-state index is 14.0. The number of halogens is 1. The van der Waals surface area contributed by atoms with Crippen LogP contribution in [0.3, 0.4) is 0 Å². The highest BCUT2D eigenvalue weighted by Gasteiger charge is 2.23. The van der Waals surface area contributed by atoms with Crippen molar-refractivity contribution >= 4 is 11.0 Å². The second-order valence-electron chi connectivity index (χ2n) is 8.55. The standard InChI is InChI=1S/C27H25FN4O/c1-33-26-7-6-21(28)14-23(26)22-8-11-30-27-24(22)15-25(31-27)20-9-12-32(13-10-20)17-19-4-2-18(16-29)3-5-19/h2-8,11,14-15,20H,9-10,12-13,17H2,1H3,(H,30,31). The van der Waals surface area contributed by atoms with Crippen molar-refractivity contribution in [2.45, 2.75) is 25.3 Å². The molecule has 166 valence electrons. The molecule has 0 aliphatic carbocycles. The fourth-order valence-electron chi connectivity index (χ4n) is 4.74. The first kappa shape index (κ1) is 21.2. The molecule has 2 aromatic heterocycles. The smallest absolute Gasteiger partial charge is 0.138 e. The molecule has 3 heterocycles. The van der Waals surface area contributed by atoms with Crippen LogP contribution < -0.4 is 4.74 Å². The molecule has 0 bridgehead atoms. The van der Waals surface area contributed by atoms with Gasteiger partial charge in [-0.05, 0) is 79.5 Å². The van der Waals surface area contributed by atoms with Gasteiger partial charge in [0.1, 0.15) is 17.2 Å². The highest BCUT2D eigenvalue weighted by Crippen LogP contribution is 2.37. The lowest BCUT2D eigenvalue weighted by Crippen LogP contribution is -2.32. The van der Waals surface area contributed by atoms with Crippen LogP contribution in [0.5, 0.6) is 5.75 Å². The highest BCUT2D eigenvalue weighted by atomic mass is 19.1. The second-order valence-corrected chi connectivity index (χ2v) is 8.55. The number of piperidine rings is 1. The van der Waals surface area contributed by atoms with Gasteiger partial charge in [-0.2, -0.15) is 5.26 Å². The van der Waals surface area contributed by atoms with Crippen molar-refractivity contribution in [3.05, 3.63) is 83.4 Å². The van der Waals surface area contributed by atoms with E-state index in [0.717, 1.165) is 54.6 Å².